The van der Waals surface area contributed by atoms with Gasteiger partial charge in [0.25, 0.3) is 0 Å². The Balaban J connectivity index is 0.000000520. The van der Waals surface area contributed by atoms with Crippen molar-refractivity contribution < 1.29 is 28.2 Å². The lowest BCUT2D eigenvalue weighted by Gasteiger charge is -2.47. The topological polar surface area (TPSA) is 75.0 Å². The van der Waals surface area contributed by atoms with Crippen molar-refractivity contribution in [3.05, 3.63) is 119 Å². The van der Waals surface area contributed by atoms with Gasteiger partial charge in [0.2, 0.25) is 0 Å². The van der Waals surface area contributed by atoms with Crippen LogP contribution in [0, 0.1) is 47.3 Å². The van der Waals surface area contributed by atoms with Gasteiger partial charge in [-0.1, -0.05) is 93.6 Å². The van der Waals surface area contributed by atoms with Crippen LogP contribution < -0.4 is 0 Å². The summed E-state index contributed by atoms with van der Waals surface area (Å²) in [5.74, 6) is 9.18. The maximum atomic E-state index is 13.6. The van der Waals surface area contributed by atoms with Crippen molar-refractivity contribution in [1.29, 1.82) is 0 Å². The second kappa shape index (κ2) is 18.6. The zero-order chi connectivity index (χ0) is 39.7. The number of hydrogen-bond donors (Lipinski definition) is 0. The van der Waals surface area contributed by atoms with E-state index in [1.54, 1.807) is 7.11 Å². The van der Waals surface area contributed by atoms with Crippen LogP contribution in [0.2, 0.25) is 0 Å². The second-order valence-electron chi connectivity index (χ2n) is 17.2. The van der Waals surface area contributed by atoms with Crippen LogP contribution in [-0.2, 0) is 36.8 Å². The zero-order valence-electron chi connectivity index (χ0n) is 34.3. The van der Waals surface area contributed by atoms with Crippen LogP contribution >= 0.6 is 0 Å². The van der Waals surface area contributed by atoms with Crippen molar-refractivity contribution in [2.24, 2.45) is 28.6 Å². The minimum absolute atomic E-state index is 0.0755. The molecule has 2 aliphatic carbocycles. The maximum Gasteiger partial charge on any atom is 0.334 e. The number of carbonyl (C=O) groups excluding carboxylic acids is 2. The molecule has 0 amide bonds. The average Bonchev–Trinajstić information content (AvgIpc) is 3.76. The SMILES string of the molecule is CCC(CC)(Cc1cc2cc(C#Cc3ccc(C)cc3)ccc2o1)C(=O)OCC1C/C(=C\CC2(C)CC3CC(C)CC(C3)C2)C(=O)O1.COCc1ccccc1. The highest BCUT2D eigenvalue weighted by atomic mass is 16.6. The Kier molecular flexibility index (Phi) is 13.6. The van der Waals surface area contributed by atoms with Crippen molar-refractivity contribution >= 4 is 22.9 Å². The lowest BCUT2D eigenvalue weighted by Crippen LogP contribution is -2.36. The summed E-state index contributed by atoms with van der Waals surface area (Å²) < 4.78 is 22.7. The van der Waals surface area contributed by atoms with Gasteiger partial charge in [-0.2, -0.15) is 0 Å². The third-order valence-corrected chi connectivity index (χ3v) is 12.3. The molecule has 0 N–H and O–H groups in total. The monoisotopic (exact) mass is 756 g/mol. The lowest BCUT2D eigenvalue weighted by atomic mass is 9.58. The van der Waals surface area contributed by atoms with E-state index in [0.29, 0.717) is 32.3 Å². The summed E-state index contributed by atoms with van der Waals surface area (Å²) in [5, 5.41) is 0.960. The fourth-order valence-corrected chi connectivity index (χ4v) is 9.40. The number of allylic oxidation sites excluding steroid dienone is 1. The zero-order valence-corrected chi connectivity index (χ0v) is 34.3. The molecule has 1 saturated heterocycles. The van der Waals surface area contributed by atoms with Crippen LogP contribution in [0.25, 0.3) is 11.0 Å². The molecule has 2 heterocycles. The van der Waals surface area contributed by atoms with E-state index in [4.69, 9.17) is 18.6 Å². The summed E-state index contributed by atoms with van der Waals surface area (Å²) >= 11 is 0. The molecule has 1 aromatic heterocycles. The van der Waals surface area contributed by atoms with Crippen molar-refractivity contribution in [3.8, 4) is 11.8 Å². The Hall–Kier alpha value is -4.60. The number of benzene rings is 3. The van der Waals surface area contributed by atoms with Crippen molar-refractivity contribution in [3.63, 3.8) is 0 Å². The summed E-state index contributed by atoms with van der Waals surface area (Å²) in [5.41, 5.74) is 5.34. The first-order valence-electron chi connectivity index (χ1n) is 20.7. The second-order valence-corrected chi connectivity index (χ2v) is 17.2. The van der Waals surface area contributed by atoms with Gasteiger partial charge in [-0.05, 0) is 123 Å². The van der Waals surface area contributed by atoms with Crippen LogP contribution in [0.15, 0.2) is 94.9 Å². The van der Waals surface area contributed by atoms with Crippen molar-refractivity contribution in [2.45, 2.75) is 112 Å². The number of cyclic esters (lactones) is 1. The van der Waals surface area contributed by atoms with Crippen LogP contribution in [-0.4, -0.2) is 31.8 Å². The minimum Gasteiger partial charge on any atom is -0.461 e. The molecule has 3 atom stereocenters. The van der Waals surface area contributed by atoms with Crippen molar-refractivity contribution in [1.82, 2.24) is 0 Å². The highest BCUT2D eigenvalue weighted by molar-refractivity contribution is 5.90. The third-order valence-electron chi connectivity index (χ3n) is 12.3. The van der Waals surface area contributed by atoms with E-state index in [1.807, 2.05) is 80.6 Å². The van der Waals surface area contributed by atoms with E-state index < -0.39 is 11.5 Å². The number of rotatable bonds is 11. The van der Waals surface area contributed by atoms with Crippen LogP contribution in [0.5, 0.6) is 0 Å². The van der Waals surface area contributed by atoms with Crippen LogP contribution in [0.3, 0.4) is 0 Å². The van der Waals surface area contributed by atoms with Gasteiger partial charge in [0, 0.05) is 42.0 Å². The smallest absolute Gasteiger partial charge is 0.334 e. The Morgan fingerprint density at radius 3 is 2.29 bits per heavy atom. The summed E-state index contributed by atoms with van der Waals surface area (Å²) in [6.45, 7) is 11.7. The number of esters is 2. The predicted molar refractivity (Wildman–Crippen MR) is 223 cm³/mol. The number of fused-ring (bicyclic) bond motifs is 3. The van der Waals surface area contributed by atoms with Gasteiger partial charge in [-0.3, -0.25) is 4.79 Å². The van der Waals surface area contributed by atoms with E-state index in [1.165, 1.54) is 43.2 Å². The van der Waals surface area contributed by atoms with Gasteiger partial charge >= 0.3 is 11.9 Å². The molecule has 0 spiro atoms. The first-order valence-corrected chi connectivity index (χ1v) is 20.7. The number of hydrogen-bond acceptors (Lipinski definition) is 6. The Morgan fingerprint density at radius 1 is 0.929 bits per heavy atom. The first-order chi connectivity index (χ1) is 27.0. The molecule has 6 heteroatoms. The number of ether oxygens (including phenoxy) is 3. The van der Waals surface area contributed by atoms with Crippen LogP contribution in [0.1, 0.15) is 113 Å². The molecular weight excluding hydrogens is 697 g/mol. The molecule has 6 nitrogen and oxygen atoms in total. The fraction of sp³-hybridized carbons (Fsp3) is 0.480. The van der Waals surface area contributed by atoms with Gasteiger partial charge in [0.15, 0.2) is 0 Å². The van der Waals surface area contributed by atoms with Gasteiger partial charge in [0.05, 0.1) is 12.0 Å². The Labute approximate surface area is 334 Å². The molecule has 7 rings (SSSR count). The Bertz CT molecular complexity index is 2000. The molecule has 4 aromatic rings. The molecule has 3 fully saturated rings. The molecule has 3 aliphatic rings. The fourth-order valence-electron chi connectivity index (χ4n) is 9.40. The Morgan fingerprint density at radius 2 is 1.61 bits per heavy atom. The highest BCUT2D eigenvalue weighted by Gasteiger charge is 2.42. The quantitative estimate of drug-likeness (QED) is 0.0862. The third kappa shape index (κ3) is 10.6. The lowest BCUT2D eigenvalue weighted by molar-refractivity contribution is -0.162. The number of furan rings is 1. The van der Waals surface area contributed by atoms with E-state index >= 15 is 0 Å². The summed E-state index contributed by atoms with van der Waals surface area (Å²) in [4.78, 5) is 26.4. The maximum absolute atomic E-state index is 13.6. The normalized spacial score (nSPS) is 23.8. The standard InChI is InChI=1S/C42H50O5.C8H10O/c1-6-42(7-2,26-36-23-35-21-31(14-15-38(35)46-36)13-12-30-10-8-28(3)9-11-30)40(44)45-27-37-22-34(39(43)47-37)16-17-41(5)24-32-18-29(4)19-33(20-32)25-41;1-9-7-8-5-3-2-4-6-8/h8-11,14-16,21,23,29,32-33,37H,6-7,17-20,22,24-27H2,1-5H3;2-6H,7H2,1H3/b34-16+;. The van der Waals surface area contributed by atoms with Crippen LogP contribution in [0.4, 0.5) is 0 Å². The number of methoxy groups -OCH3 is 1. The van der Waals surface area contributed by atoms with Crippen molar-refractivity contribution in [2.75, 3.05) is 13.7 Å². The largest absolute Gasteiger partial charge is 0.461 e. The molecule has 2 bridgehead atoms. The highest BCUT2D eigenvalue weighted by Crippen LogP contribution is 2.52. The van der Waals surface area contributed by atoms with E-state index in [2.05, 4.69) is 50.8 Å². The predicted octanol–water partition coefficient (Wildman–Crippen LogP) is 11.4. The number of aryl methyl sites for hydroxylation is 1. The summed E-state index contributed by atoms with van der Waals surface area (Å²) in [7, 11) is 1.70. The van der Waals surface area contributed by atoms with E-state index in [9.17, 15) is 9.59 Å². The molecule has 3 aromatic carbocycles. The van der Waals surface area contributed by atoms with E-state index in [-0.39, 0.29) is 24.0 Å². The molecule has 2 saturated carbocycles. The summed E-state index contributed by atoms with van der Waals surface area (Å²) in [6.07, 6.45) is 11.3. The number of carbonyl (C=O) groups is 2. The van der Waals surface area contributed by atoms with Gasteiger partial charge in [-0.15, -0.1) is 0 Å². The molecule has 3 unspecified atom stereocenters. The molecule has 0 radical (unpaired) electrons. The van der Waals surface area contributed by atoms with E-state index in [0.717, 1.165) is 57.6 Å². The van der Waals surface area contributed by atoms with Gasteiger partial charge < -0.3 is 18.6 Å². The van der Waals surface area contributed by atoms with Gasteiger partial charge in [-0.25, -0.2) is 4.79 Å². The first kappa shape index (κ1) is 41.0. The summed E-state index contributed by atoms with van der Waals surface area (Å²) in [6, 6.07) is 26.2. The minimum atomic E-state index is -0.728. The molecule has 296 valence electrons. The molecule has 56 heavy (non-hydrogen) atoms. The molecular formula is C50H60O6. The molecule has 1 aliphatic heterocycles. The van der Waals surface area contributed by atoms with Gasteiger partial charge in [0.1, 0.15) is 24.1 Å². The average molecular weight is 757 g/mol.